The molecular formula is C18H30N4O. The van der Waals surface area contributed by atoms with Gasteiger partial charge in [-0.25, -0.2) is 0 Å². The maximum absolute atomic E-state index is 12.2. The number of amides is 1. The molecule has 2 aliphatic rings. The number of terminal acetylenes is 1. The fraction of sp³-hybridized carbons (Fsp3) is 0.833. The molecule has 1 fully saturated rings. The minimum atomic E-state index is -0.356. The second-order valence-corrected chi connectivity index (χ2v) is 7.20. The van der Waals surface area contributed by atoms with Gasteiger partial charge in [0.15, 0.2) is 5.66 Å². The minimum absolute atomic E-state index is 0.104. The summed E-state index contributed by atoms with van der Waals surface area (Å²) in [5.41, 5.74) is -0.243. The standard InChI is InChI=1S/C18H30N4O/c1-4-5-13-18(20-21-18)14-10-16(23)19-15-17(22(2)3)11-8-6-7-9-12-17/h1H,5-15H2,2-3H3,(H,19,23). The molecule has 5 nitrogen and oxygen atoms in total. The predicted molar refractivity (Wildman–Crippen MR) is 92.0 cm³/mol. The van der Waals surface area contributed by atoms with Crippen molar-refractivity contribution in [3.05, 3.63) is 0 Å². The Bertz CT molecular complexity index is 464. The van der Waals surface area contributed by atoms with Crippen molar-refractivity contribution in [2.24, 2.45) is 10.2 Å². The van der Waals surface area contributed by atoms with Gasteiger partial charge in [0.1, 0.15) is 0 Å². The van der Waals surface area contributed by atoms with Crippen molar-refractivity contribution in [1.82, 2.24) is 10.2 Å². The fourth-order valence-electron chi connectivity index (χ4n) is 3.50. The highest BCUT2D eigenvalue weighted by Gasteiger charge is 2.39. The first kappa shape index (κ1) is 17.9. The third kappa shape index (κ3) is 5.04. The minimum Gasteiger partial charge on any atom is -0.354 e. The molecule has 0 bridgehead atoms. The summed E-state index contributed by atoms with van der Waals surface area (Å²) < 4.78 is 0. The molecule has 0 unspecified atom stereocenters. The van der Waals surface area contributed by atoms with Crippen LogP contribution in [-0.4, -0.2) is 42.6 Å². The largest absolute Gasteiger partial charge is 0.354 e. The van der Waals surface area contributed by atoms with Crippen LogP contribution in [0.2, 0.25) is 0 Å². The van der Waals surface area contributed by atoms with Gasteiger partial charge in [-0.05, 0) is 26.9 Å². The monoisotopic (exact) mass is 318 g/mol. The van der Waals surface area contributed by atoms with E-state index in [1.807, 2.05) is 0 Å². The lowest BCUT2D eigenvalue weighted by Crippen LogP contribution is -2.52. The lowest BCUT2D eigenvalue weighted by molar-refractivity contribution is -0.122. The van der Waals surface area contributed by atoms with Gasteiger partial charge in [0.2, 0.25) is 5.91 Å². The van der Waals surface area contributed by atoms with Crippen LogP contribution in [0.25, 0.3) is 0 Å². The molecule has 128 valence electrons. The van der Waals surface area contributed by atoms with E-state index in [2.05, 4.69) is 40.5 Å². The molecule has 1 heterocycles. The van der Waals surface area contributed by atoms with E-state index in [0.717, 1.165) is 25.8 Å². The normalized spacial score (nSPS) is 21.5. The van der Waals surface area contributed by atoms with E-state index in [0.29, 0.717) is 19.3 Å². The van der Waals surface area contributed by atoms with Crippen LogP contribution in [0.4, 0.5) is 0 Å². The third-order valence-electron chi connectivity index (χ3n) is 5.40. The van der Waals surface area contributed by atoms with E-state index in [-0.39, 0.29) is 17.1 Å². The maximum Gasteiger partial charge on any atom is 0.220 e. The van der Waals surface area contributed by atoms with E-state index in [9.17, 15) is 4.79 Å². The molecule has 1 N–H and O–H groups in total. The first-order chi connectivity index (χ1) is 11.0. The Hall–Kier alpha value is -1.41. The zero-order valence-electron chi connectivity index (χ0n) is 14.6. The summed E-state index contributed by atoms with van der Waals surface area (Å²) in [5.74, 6) is 2.72. The molecule has 0 aromatic heterocycles. The van der Waals surface area contributed by atoms with Crippen LogP contribution in [0.3, 0.4) is 0 Å². The number of carbonyl (C=O) groups excluding carboxylic acids is 1. The van der Waals surface area contributed by atoms with Gasteiger partial charge in [-0.2, -0.15) is 10.2 Å². The van der Waals surface area contributed by atoms with Crippen LogP contribution in [0.15, 0.2) is 10.2 Å². The highest BCUT2D eigenvalue weighted by Crippen LogP contribution is 2.37. The van der Waals surface area contributed by atoms with Crippen molar-refractivity contribution in [2.45, 2.75) is 75.4 Å². The topological polar surface area (TPSA) is 57.1 Å². The van der Waals surface area contributed by atoms with Crippen molar-refractivity contribution < 1.29 is 4.79 Å². The lowest BCUT2D eigenvalue weighted by atomic mass is 9.88. The molecular weight excluding hydrogens is 288 g/mol. The number of carbonyl (C=O) groups is 1. The average Bonchev–Trinajstić information content (AvgIpc) is 3.33. The van der Waals surface area contributed by atoms with Gasteiger partial charge in [0.25, 0.3) is 0 Å². The van der Waals surface area contributed by atoms with Crippen LogP contribution in [0.1, 0.15) is 64.2 Å². The molecule has 1 saturated carbocycles. The first-order valence-corrected chi connectivity index (χ1v) is 8.84. The van der Waals surface area contributed by atoms with Crippen molar-refractivity contribution in [3.8, 4) is 12.3 Å². The molecule has 0 radical (unpaired) electrons. The van der Waals surface area contributed by atoms with Crippen LogP contribution < -0.4 is 5.32 Å². The number of rotatable bonds is 8. The zero-order chi connectivity index (χ0) is 16.8. The van der Waals surface area contributed by atoms with Crippen molar-refractivity contribution >= 4 is 5.91 Å². The van der Waals surface area contributed by atoms with Crippen LogP contribution in [-0.2, 0) is 4.79 Å². The van der Waals surface area contributed by atoms with Gasteiger partial charge >= 0.3 is 0 Å². The van der Waals surface area contributed by atoms with Gasteiger partial charge in [-0.3, -0.25) is 4.79 Å². The molecule has 23 heavy (non-hydrogen) atoms. The van der Waals surface area contributed by atoms with E-state index < -0.39 is 0 Å². The van der Waals surface area contributed by atoms with Crippen LogP contribution in [0, 0.1) is 12.3 Å². The van der Waals surface area contributed by atoms with E-state index in [1.54, 1.807) is 0 Å². The van der Waals surface area contributed by atoms with Gasteiger partial charge in [-0.1, -0.05) is 25.7 Å². The van der Waals surface area contributed by atoms with Gasteiger partial charge in [0.05, 0.1) is 0 Å². The summed E-state index contributed by atoms with van der Waals surface area (Å²) in [4.78, 5) is 14.5. The Morgan fingerprint density at radius 2 is 1.83 bits per heavy atom. The van der Waals surface area contributed by atoms with Crippen LogP contribution in [0.5, 0.6) is 0 Å². The Morgan fingerprint density at radius 1 is 1.17 bits per heavy atom. The van der Waals surface area contributed by atoms with Crippen molar-refractivity contribution in [2.75, 3.05) is 20.6 Å². The molecule has 2 rings (SSSR count). The quantitative estimate of drug-likeness (QED) is 0.552. The zero-order valence-corrected chi connectivity index (χ0v) is 14.6. The second-order valence-electron chi connectivity index (χ2n) is 7.20. The average molecular weight is 318 g/mol. The molecule has 1 aliphatic heterocycles. The molecule has 0 aromatic rings. The van der Waals surface area contributed by atoms with Gasteiger partial charge < -0.3 is 10.2 Å². The predicted octanol–water partition coefficient (Wildman–Crippen LogP) is 3.11. The number of hydrogen-bond acceptors (Lipinski definition) is 4. The maximum atomic E-state index is 12.2. The summed E-state index contributed by atoms with van der Waals surface area (Å²) in [7, 11) is 4.27. The highest BCUT2D eigenvalue weighted by atomic mass is 16.1. The smallest absolute Gasteiger partial charge is 0.220 e. The number of nitrogens with one attached hydrogen (secondary N) is 1. The Morgan fingerprint density at radius 3 is 2.35 bits per heavy atom. The summed E-state index contributed by atoms with van der Waals surface area (Å²) in [6.45, 7) is 0.741. The molecule has 1 aliphatic carbocycles. The Labute approximate surface area is 140 Å². The Kier molecular flexibility index (Phi) is 6.17. The third-order valence-corrected chi connectivity index (χ3v) is 5.40. The summed E-state index contributed by atoms with van der Waals surface area (Å²) >= 11 is 0. The van der Waals surface area contributed by atoms with Gasteiger partial charge in [-0.15, -0.1) is 12.3 Å². The molecule has 0 spiro atoms. The number of nitrogens with zero attached hydrogens (tertiary/aromatic N) is 3. The number of hydrogen-bond donors (Lipinski definition) is 1. The molecule has 0 atom stereocenters. The summed E-state index contributed by atoms with van der Waals surface area (Å²) in [6, 6.07) is 0. The van der Waals surface area contributed by atoms with E-state index in [4.69, 9.17) is 6.42 Å². The second kappa shape index (κ2) is 7.92. The molecule has 0 aromatic carbocycles. The Balaban J connectivity index is 1.77. The van der Waals surface area contributed by atoms with Crippen molar-refractivity contribution in [3.63, 3.8) is 0 Å². The highest BCUT2D eigenvalue weighted by molar-refractivity contribution is 5.76. The van der Waals surface area contributed by atoms with Crippen LogP contribution >= 0.6 is 0 Å². The first-order valence-electron chi connectivity index (χ1n) is 8.84. The van der Waals surface area contributed by atoms with E-state index in [1.165, 1.54) is 25.7 Å². The summed E-state index contributed by atoms with van der Waals surface area (Å²) in [6.07, 6.45) is 15.3. The number of likely N-dealkylation sites (N-methyl/N-ethyl adjacent to an activating group) is 1. The van der Waals surface area contributed by atoms with E-state index >= 15 is 0 Å². The van der Waals surface area contributed by atoms with Gasteiger partial charge in [0, 0.05) is 37.8 Å². The van der Waals surface area contributed by atoms with Crippen molar-refractivity contribution in [1.29, 1.82) is 0 Å². The molecule has 1 amide bonds. The molecule has 5 heteroatoms. The fourth-order valence-corrected chi connectivity index (χ4v) is 3.50. The summed E-state index contributed by atoms with van der Waals surface area (Å²) in [5, 5.41) is 11.3. The SMILES string of the molecule is C#CCCC1(CCC(=O)NCC2(N(C)C)CCCCCC2)N=N1. The molecule has 0 saturated heterocycles. The lowest BCUT2D eigenvalue weighted by Gasteiger charge is -2.39.